The zero-order valence-corrected chi connectivity index (χ0v) is 17.6. The van der Waals surface area contributed by atoms with E-state index in [0.29, 0.717) is 11.6 Å². The van der Waals surface area contributed by atoms with Crippen molar-refractivity contribution < 1.29 is 34.9 Å². The fraction of sp³-hybridized carbons (Fsp3) is 0.250. The van der Waals surface area contributed by atoms with Crippen LogP contribution in [0.2, 0.25) is 5.02 Å². The summed E-state index contributed by atoms with van der Waals surface area (Å²) in [6.07, 6.45) is 0. The summed E-state index contributed by atoms with van der Waals surface area (Å²) >= 11 is 5.62. The van der Waals surface area contributed by atoms with Crippen molar-refractivity contribution in [1.82, 2.24) is 5.16 Å². The molecule has 0 spiro atoms. The summed E-state index contributed by atoms with van der Waals surface area (Å²) in [6.45, 7) is 6.62. The maximum absolute atomic E-state index is 13.1. The van der Waals surface area contributed by atoms with Crippen LogP contribution in [-0.4, -0.2) is 5.16 Å². The van der Waals surface area contributed by atoms with Crippen LogP contribution in [0, 0.1) is 13.1 Å². The van der Waals surface area contributed by atoms with Gasteiger partial charge in [0.25, 0.3) is 0 Å². The molecule has 3 nitrogen and oxygen atoms in total. The molecule has 0 atom stereocenters. The standard InChI is InChI=1S/C20H19ClFINO2/c1-20(2,3)18-11-19(24-26-18)23-15-6-8-16(9-7-15)25-12-13-4-5-14(22)10-17(13)21/h4-11H,12H2,1-3H3/q-1. The van der Waals surface area contributed by atoms with Crippen molar-refractivity contribution in [3.05, 3.63) is 78.0 Å². The molecule has 1 heterocycles. The van der Waals surface area contributed by atoms with Crippen molar-refractivity contribution in [2.45, 2.75) is 32.8 Å². The van der Waals surface area contributed by atoms with Gasteiger partial charge in [-0.3, -0.25) is 0 Å². The second-order valence-corrected chi connectivity index (χ2v) is 10.1. The van der Waals surface area contributed by atoms with Crippen molar-refractivity contribution in [2.24, 2.45) is 0 Å². The summed E-state index contributed by atoms with van der Waals surface area (Å²) in [5.74, 6) is 1.30. The Hall–Kier alpha value is -1.60. The molecule has 0 aliphatic rings. The summed E-state index contributed by atoms with van der Waals surface area (Å²) in [4.78, 5) is 0. The van der Waals surface area contributed by atoms with Crippen LogP contribution in [0.4, 0.5) is 4.39 Å². The Bertz CT molecular complexity index is 888. The van der Waals surface area contributed by atoms with Crippen LogP contribution in [0.25, 0.3) is 0 Å². The first kappa shape index (κ1) is 19.2. The van der Waals surface area contributed by atoms with Crippen molar-refractivity contribution in [1.29, 1.82) is 0 Å². The maximum atomic E-state index is 13.1. The molecule has 0 amide bonds. The Kier molecular flexibility index (Phi) is 5.87. The van der Waals surface area contributed by atoms with E-state index in [2.05, 4.69) is 25.9 Å². The monoisotopic (exact) mass is 486 g/mol. The Morgan fingerprint density at radius 1 is 1.12 bits per heavy atom. The zero-order valence-electron chi connectivity index (χ0n) is 14.7. The van der Waals surface area contributed by atoms with Gasteiger partial charge in [-0.15, -0.1) is 0 Å². The number of halogens is 3. The van der Waals surface area contributed by atoms with Crippen LogP contribution in [-0.2, 0) is 12.0 Å². The number of aromatic nitrogens is 1. The number of rotatable bonds is 5. The van der Waals surface area contributed by atoms with E-state index in [4.69, 9.17) is 20.9 Å². The van der Waals surface area contributed by atoms with Gasteiger partial charge < -0.3 is 0 Å². The van der Waals surface area contributed by atoms with Crippen molar-refractivity contribution in [2.75, 3.05) is 0 Å². The normalized spacial score (nSPS) is 11.7. The molecule has 0 aliphatic carbocycles. The summed E-state index contributed by atoms with van der Waals surface area (Å²) in [7, 11) is 0. The molecule has 2 aromatic carbocycles. The fourth-order valence-corrected chi connectivity index (χ4v) is 4.37. The molecule has 0 fully saturated rings. The number of hydrogen-bond acceptors (Lipinski definition) is 3. The molecule has 0 unspecified atom stereocenters. The number of hydrogen-bond donors (Lipinski definition) is 0. The van der Waals surface area contributed by atoms with E-state index in [-0.39, 0.29) is 11.2 Å². The van der Waals surface area contributed by atoms with E-state index >= 15 is 0 Å². The van der Waals surface area contributed by atoms with Gasteiger partial charge in [-0.1, -0.05) is 0 Å². The molecule has 3 aromatic rings. The molecule has 0 radical (unpaired) electrons. The predicted octanol–water partition coefficient (Wildman–Crippen LogP) is 2.47. The summed E-state index contributed by atoms with van der Waals surface area (Å²) < 4.78 is 26.5. The van der Waals surface area contributed by atoms with Crippen LogP contribution in [0.1, 0.15) is 32.1 Å². The molecular weight excluding hydrogens is 468 g/mol. The van der Waals surface area contributed by atoms with Crippen LogP contribution in [0.15, 0.2) is 53.1 Å². The molecule has 1 aromatic heterocycles. The second-order valence-electron chi connectivity index (χ2n) is 6.84. The van der Waals surface area contributed by atoms with Crippen LogP contribution in [0.5, 0.6) is 5.75 Å². The molecule has 0 aliphatic heterocycles. The van der Waals surface area contributed by atoms with Crippen LogP contribution in [0.3, 0.4) is 0 Å². The average Bonchev–Trinajstić information content (AvgIpc) is 3.04. The van der Waals surface area contributed by atoms with E-state index in [1.807, 2.05) is 30.3 Å². The molecule has 26 heavy (non-hydrogen) atoms. The van der Waals surface area contributed by atoms with E-state index in [9.17, 15) is 4.39 Å². The fourth-order valence-electron chi connectivity index (χ4n) is 2.16. The quantitative estimate of drug-likeness (QED) is 0.520. The Morgan fingerprint density at radius 2 is 1.85 bits per heavy atom. The molecular formula is C20H19ClFINO2-. The van der Waals surface area contributed by atoms with Crippen LogP contribution < -0.4 is 25.9 Å². The molecule has 0 saturated carbocycles. The number of benzene rings is 2. The third-order valence-electron chi connectivity index (χ3n) is 3.65. The number of nitrogens with zero attached hydrogens (tertiary/aromatic N) is 1. The SMILES string of the molecule is CC(C)(C)c1cc([I-]c2ccc(OCc3ccc(F)cc3Cl)cc2)no1. The van der Waals surface area contributed by atoms with Gasteiger partial charge >= 0.3 is 168 Å². The first-order valence-corrected chi connectivity index (χ1v) is 10.6. The summed E-state index contributed by atoms with van der Waals surface area (Å²) in [5, 5.41) is 4.56. The molecule has 0 bridgehead atoms. The number of ether oxygens (including phenoxy) is 1. The van der Waals surface area contributed by atoms with E-state index in [1.54, 1.807) is 6.07 Å². The third kappa shape index (κ3) is 4.98. The van der Waals surface area contributed by atoms with Gasteiger partial charge in [-0.25, -0.2) is 0 Å². The first-order valence-electron chi connectivity index (χ1n) is 8.10. The van der Waals surface area contributed by atoms with Crippen LogP contribution >= 0.6 is 11.6 Å². The minimum absolute atomic E-state index is 0.0334. The van der Waals surface area contributed by atoms with E-state index < -0.39 is 21.2 Å². The van der Waals surface area contributed by atoms with Gasteiger partial charge in [0, 0.05) is 0 Å². The second kappa shape index (κ2) is 7.96. The van der Waals surface area contributed by atoms with Gasteiger partial charge in [0.1, 0.15) is 0 Å². The van der Waals surface area contributed by atoms with Crippen molar-refractivity contribution in [3.63, 3.8) is 0 Å². The van der Waals surface area contributed by atoms with Gasteiger partial charge in [-0.2, -0.15) is 0 Å². The van der Waals surface area contributed by atoms with E-state index in [1.165, 1.54) is 15.7 Å². The van der Waals surface area contributed by atoms with Gasteiger partial charge in [-0.05, 0) is 0 Å². The topological polar surface area (TPSA) is 35.3 Å². The summed E-state index contributed by atoms with van der Waals surface area (Å²) in [5.41, 5.74) is 0.718. The Labute approximate surface area is 167 Å². The van der Waals surface area contributed by atoms with Gasteiger partial charge in [0.2, 0.25) is 0 Å². The molecule has 0 N–H and O–H groups in total. The molecule has 6 heteroatoms. The zero-order chi connectivity index (χ0) is 18.7. The van der Waals surface area contributed by atoms with Crippen molar-refractivity contribution in [3.8, 4) is 5.75 Å². The van der Waals surface area contributed by atoms with Crippen molar-refractivity contribution >= 4 is 11.6 Å². The van der Waals surface area contributed by atoms with E-state index in [0.717, 1.165) is 20.8 Å². The van der Waals surface area contributed by atoms with Gasteiger partial charge in [0.15, 0.2) is 0 Å². The molecule has 0 saturated heterocycles. The molecule has 3 rings (SSSR count). The third-order valence-corrected chi connectivity index (χ3v) is 6.40. The predicted molar refractivity (Wildman–Crippen MR) is 94.8 cm³/mol. The van der Waals surface area contributed by atoms with Gasteiger partial charge in [0.05, 0.1) is 0 Å². The minimum atomic E-state index is -0.398. The molecule has 138 valence electrons. The summed E-state index contributed by atoms with van der Waals surface area (Å²) in [6, 6.07) is 14.3. The average molecular weight is 487 g/mol. The Morgan fingerprint density at radius 3 is 2.46 bits per heavy atom. The first-order chi connectivity index (χ1) is 12.3. The Balaban J connectivity index is 1.60.